The highest BCUT2D eigenvalue weighted by atomic mass is 16.5. The molecule has 4 heteroatoms. The maximum Gasteiger partial charge on any atom is 0.120 e. The summed E-state index contributed by atoms with van der Waals surface area (Å²) in [6.45, 7) is 36.0. The van der Waals surface area contributed by atoms with Crippen molar-refractivity contribution in [1.29, 1.82) is 0 Å². The Balaban J connectivity index is 0.000000188. The minimum Gasteiger partial charge on any atom is -0.508 e. The van der Waals surface area contributed by atoms with E-state index in [-0.39, 0.29) is 11.2 Å². The minimum atomic E-state index is 0.0812. The number of aromatic hydroxyl groups is 2. The van der Waals surface area contributed by atoms with E-state index in [1.54, 1.807) is 24.3 Å². The third-order valence-corrected chi connectivity index (χ3v) is 19.6. The van der Waals surface area contributed by atoms with Crippen LogP contribution in [0.1, 0.15) is 275 Å². The molecule has 2 N–H and O–H groups in total. The van der Waals surface area contributed by atoms with Crippen LogP contribution in [0.4, 0.5) is 0 Å². The van der Waals surface area contributed by atoms with E-state index in [0.717, 1.165) is 24.3 Å². The summed E-state index contributed by atoms with van der Waals surface area (Å²) in [6, 6.07) is 56.4. The summed E-state index contributed by atoms with van der Waals surface area (Å²) in [5.74, 6) is 8.48. The fourth-order valence-corrected chi connectivity index (χ4v) is 12.0. The molecule has 2 fully saturated rings. The van der Waals surface area contributed by atoms with E-state index in [1.165, 1.54) is 120 Å². The van der Waals surface area contributed by atoms with Gasteiger partial charge in [0.2, 0.25) is 0 Å². The molecular formula is C80H112O4. The first kappa shape index (κ1) is 68.8. The summed E-state index contributed by atoms with van der Waals surface area (Å²) in [5, 5.41) is 20.9. The average molecular weight is 1140 g/mol. The van der Waals surface area contributed by atoms with Crippen LogP contribution in [0.3, 0.4) is 0 Å². The van der Waals surface area contributed by atoms with Crippen LogP contribution in [0.25, 0.3) is 10.8 Å². The van der Waals surface area contributed by atoms with Crippen molar-refractivity contribution in [3.63, 3.8) is 0 Å². The molecule has 0 heterocycles. The molecule has 7 aromatic carbocycles. The number of hydrogen-bond acceptors (Lipinski definition) is 4. The number of hydrogen-bond donors (Lipinski definition) is 2. The summed E-state index contributed by atoms with van der Waals surface area (Å²) < 4.78 is 12.8. The second-order valence-corrected chi connectivity index (χ2v) is 25.7. The van der Waals surface area contributed by atoms with E-state index in [4.69, 9.17) is 19.7 Å². The van der Waals surface area contributed by atoms with Crippen molar-refractivity contribution >= 4 is 10.8 Å². The molecule has 0 aromatic heterocycles. The smallest absolute Gasteiger partial charge is 0.120 e. The van der Waals surface area contributed by atoms with Gasteiger partial charge < -0.3 is 19.7 Å². The maximum absolute atomic E-state index is 9.01. The molecule has 10 rings (SSSR count). The fourth-order valence-electron chi connectivity index (χ4n) is 12.0. The van der Waals surface area contributed by atoms with Gasteiger partial charge in [-0.15, -0.1) is 0 Å². The maximum atomic E-state index is 9.01. The van der Waals surface area contributed by atoms with E-state index in [1.807, 2.05) is 24.3 Å². The van der Waals surface area contributed by atoms with Crippen LogP contribution in [0.5, 0.6) is 23.0 Å². The highest BCUT2D eigenvalue weighted by Gasteiger charge is 2.40. The molecule has 0 saturated heterocycles. The Morgan fingerprint density at radius 1 is 0.357 bits per heavy atom. The van der Waals surface area contributed by atoms with Crippen molar-refractivity contribution < 1.29 is 19.7 Å². The number of phenolic OH excluding ortho intramolecular Hbond substituents is 2. The Bertz CT molecular complexity index is 2720. The van der Waals surface area contributed by atoms with E-state index in [9.17, 15) is 0 Å². The predicted molar refractivity (Wildman–Crippen MR) is 363 cm³/mol. The van der Waals surface area contributed by atoms with Crippen LogP contribution in [0.15, 0.2) is 164 Å². The predicted octanol–water partition coefficient (Wildman–Crippen LogP) is 24.2. The lowest BCUT2D eigenvalue weighted by atomic mass is 9.88. The van der Waals surface area contributed by atoms with Crippen LogP contribution in [0.2, 0.25) is 0 Å². The molecule has 0 aliphatic heterocycles. The molecule has 2 saturated carbocycles. The Morgan fingerprint density at radius 3 is 0.905 bits per heavy atom. The molecule has 0 amide bonds. The van der Waals surface area contributed by atoms with E-state index >= 15 is 0 Å². The van der Waals surface area contributed by atoms with Gasteiger partial charge >= 0.3 is 0 Å². The number of benzene rings is 7. The molecule has 84 heavy (non-hydrogen) atoms. The average Bonchev–Trinajstić information content (AvgIpc) is 3.84. The summed E-state index contributed by atoms with van der Waals surface area (Å²) in [6.07, 6.45) is 16.0. The highest BCUT2D eigenvalue weighted by Crippen LogP contribution is 2.46. The molecule has 4 nitrogen and oxygen atoms in total. The van der Waals surface area contributed by atoms with Crippen molar-refractivity contribution in [1.82, 2.24) is 0 Å². The van der Waals surface area contributed by atoms with Gasteiger partial charge in [-0.2, -0.15) is 0 Å². The molecule has 7 atom stereocenters. The lowest BCUT2D eigenvalue weighted by molar-refractivity contribution is 0.0287. The van der Waals surface area contributed by atoms with Crippen molar-refractivity contribution in [2.45, 2.75) is 247 Å². The van der Waals surface area contributed by atoms with Crippen LogP contribution in [-0.2, 0) is 0 Å². The van der Waals surface area contributed by atoms with Gasteiger partial charge in [-0.1, -0.05) is 226 Å². The molecule has 0 spiro atoms. The van der Waals surface area contributed by atoms with Crippen molar-refractivity contribution in [2.75, 3.05) is 0 Å². The second kappa shape index (κ2) is 34.2. The zero-order chi connectivity index (χ0) is 61.4. The second-order valence-electron chi connectivity index (χ2n) is 25.7. The molecule has 7 aromatic rings. The van der Waals surface area contributed by atoms with Gasteiger partial charge in [0.15, 0.2) is 0 Å². The number of ether oxygens (including phenoxy) is 2. The van der Waals surface area contributed by atoms with Gasteiger partial charge in [-0.3, -0.25) is 0 Å². The molecule has 3 aliphatic rings. The van der Waals surface area contributed by atoms with E-state index in [2.05, 4.69) is 226 Å². The van der Waals surface area contributed by atoms with E-state index < -0.39 is 0 Å². The van der Waals surface area contributed by atoms with Crippen molar-refractivity contribution in [3.05, 3.63) is 203 Å². The van der Waals surface area contributed by atoms with Gasteiger partial charge in [0.1, 0.15) is 34.2 Å². The SMILES string of the molecule is CC1c2cccc3cccc(c23)C1C.CCC(C)c1ccc(O)cc1.CCC(C)c1ccc(O)cc1.CCC(C)c1ccc(OC2(C(C)C)CCCC2)cc1.CCC(C)c1ccc(OC2(C(C)C)CCCC2)cc1.CCC(C)c1ccccc1. The Hall–Kier alpha value is -6.00. The highest BCUT2D eigenvalue weighted by molar-refractivity contribution is 5.92. The molecule has 0 radical (unpaired) electrons. The molecule has 7 unspecified atom stereocenters. The zero-order valence-corrected chi connectivity index (χ0v) is 55.2. The summed E-state index contributed by atoms with van der Waals surface area (Å²) >= 11 is 0. The molecule has 3 aliphatic carbocycles. The summed E-state index contributed by atoms with van der Waals surface area (Å²) in [7, 11) is 0. The number of rotatable bonds is 16. The van der Waals surface area contributed by atoms with Crippen LogP contribution < -0.4 is 9.47 Å². The largest absolute Gasteiger partial charge is 0.508 e. The van der Waals surface area contributed by atoms with Gasteiger partial charge in [-0.25, -0.2) is 0 Å². The summed E-state index contributed by atoms with van der Waals surface area (Å²) in [5.41, 5.74) is 10.1. The minimum absolute atomic E-state index is 0.0812. The fraction of sp³-hybridized carbons (Fsp3) is 0.500. The first-order chi connectivity index (χ1) is 40.2. The molecular weight excluding hydrogens is 1020 g/mol. The van der Waals surface area contributed by atoms with Crippen molar-refractivity contribution in [2.24, 2.45) is 11.8 Å². The van der Waals surface area contributed by atoms with Gasteiger partial charge in [0, 0.05) is 0 Å². The lowest BCUT2D eigenvalue weighted by Crippen LogP contribution is -2.38. The molecule has 456 valence electrons. The summed E-state index contributed by atoms with van der Waals surface area (Å²) in [4.78, 5) is 0. The Kier molecular flexibility index (Phi) is 28.0. The Morgan fingerprint density at radius 2 is 0.631 bits per heavy atom. The quantitative estimate of drug-likeness (QED) is 0.101. The van der Waals surface area contributed by atoms with E-state index in [0.29, 0.717) is 64.8 Å². The number of phenols is 2. The molecule has 0 bridgehead atoms. The third-order valence-electron chi connectivity index (χ3n) is 19.6. The van der Waals surface area contributed by atoms with Crippen molar-refractivity contribution in [3.8, 4) is 23.0 Å². The van der Waals surface area contributed by atoms with Gasteiger partial charge in [-0.05, 0) is 235 Å². The topological polar surface area (TPSA) is 58.9 Å². The lowest BCUT2D eigenvalue weighted by Gasteiger charge is -2.34. The first-order valence-electron chi connectivity index (χ1n) is 33.0. The third kappa shape index (κ3) is 19.5. The zero-order valence-electron chi connectivity index (χ0n) is 55.2. The normalized spacial score (nSPS) is 17.9. The monoisotopic (exact) mass is 1140 g/mol. The first-order valence-corrected chi connectivity index (χ1v) is 33.0. The van der Waals surface area contributed by atoms with Crippen LogP contribution in [-0.4, -0.2) is 21.4 Å². The Labute approximate surface area is 512 Å². The van der Waals surface area contributed by atoms with Crippen LogP contribution >= 0.6 is 0 Å². The van der Waals surface area contributed by atoms with Gasteiger partial charge in [0.25, 0.3) is 0 Å². The van der Waals surface area contributed by atoms with Gasteiger partial charge in [0.05, 0.1) is 0 Å². The van der Waals surface area contributed by atoms with Crippen LogP contribution in [0, 0.1) is 11.8 Å². The standard InChI is InChI=1S/2C18H28O.C14H14.2C10H14O.C10H14/c2*1-5-15(4)16-8-10-17(11-9-16)19-18(14(2)3)12-6-7-13-18;1-9-10(2)13-8-4-6-11-5-3-7-12(9)14(11)13;2*1-3-8(2)9-4-6-10(11)7-5-9;1-3-9(2)10-7-5-4-6-8-10/h2*8-11,14-15H,5-7,12-13H2,1-4H3;3-10H,1-2H3;2*4-8,11H,3H2,1-2H3;4-9H,3H2,1-2H3.